The van der Waals surface area contributed by atoms with Crippen LogP contribution >= 0.6 is 28.3 Å². The first kappa shape index (κ1) is 32.2. The van der Waals surface area contributed by atoms with Crippen LogP contribution in [0.5, 0.6) is 0 Å². The average molecular weight is 637 g/mol. The predicted octanol–water partition coefficient (Wildman–Crippen LogP) is 5.11. The first-order chi connectivity index (χ1) is 18.8. The normalized spacial score (nSPS) is 18.9. The number of rotatable bonds is 12. The molecule has 2 heterocycles. The summed E-state index contributed by atoms with van der Waals surface area (Å²) in [6, 6.07) is 15.9. The fraction of sp³-hybridized carbons (Fsp3) is 0.467. The summed E-state index contributed by atoms with van der Waals surface area (Å²) in [5.74, 6) is 0.238. The van der Waals surface area contributed by atoms with Gasteiger partial charge in [0.05, 0.1) is 36.3 Å². The molecule has 1 aliphatic rings. The van der Waals surface area contributed by atoms with Gasteiger partial charge in [-0.25, -0.2) is 0 Å². The number of ether oxygens (including phenoxy) is 2. The van der Waals surface area contributed by atoms with Crippen molar-refractivity contribution in [2.75, 3.05) is 32.8 Å². The molecule has 0 radical (unpaired) electrons. The Balaban J connectivity index is 0.00000441. The number of hydrogen-bond donors (Lipinski definition) is 3. The second-order valence-electron chi connectivity index (χ2n) is 10.2. The zero-order valence-corrected chi connectivity index (χ0v) is 25.6. The largest absolute Gasteiger partial charge is 0.384 e. The Morgan fingerprint density at radius 1 is 1.23 bits per heavy atom. The van der Waals surface area contributed by atoms with Gasteiger partial charge in [0.1, 0.15) is 11.3 Å². The maximum atomic E-state index is 12.0. The van der Waals surface area contributed by atoms with Gasteiger partial charge in [0, 0.05) is 25.6 Å². The Morgan fingerprint density at radius 2 is 1.98 bits per heavy atom. The van der Waals surface area contributed by atoms with Crippen LogP contribution in [0.15, 0.2) is 57.5 Å². The third-order valence-corrected chi connectivity index (χ3v) is 7.80. The van der Waals surface area contributed by atoms with Crippen LogP contribution in [-0.2, 0) is 32.9 Å². The molecular formula is C30H39BrClN3O5. The van der Waals surface area contributed by atoms with Crippen molar-refractivity contribution in [2.45, 2.75) is 57.8 Å². The lowest BCUT2D eigenvalue weighted by Gasteiger charge is -2.40. The average Bonchev–Trinajstić information content (AvgIpc) is 3.29. The Morgan fingerprint density at radius 3 is 2.70 bits per heavy atom. The number of nitrogens with one attached hydrogen (secondary N) is 2. The minimum absolute atomic E-state index is 0. The lowest BCUT2D eigenvalue weighted by molar-refractivity contribution is -0.118. The minimum atomic E-state index is -1.11. The first-order valence-electron chi connectivity index (χ1n) is 13.5. The first-order valence-corrected chi connectivity index (χ1v) is 14.3. The maximum absolute atomic E-state index is 12.0. The highest BCUT2D eigenvalue weighted by Crippen LogP contribution is 2.45. The molecule has 0 aliphatic carbocycles. The lowest BCUT2D eigenvalue weighted by Crippen LogP contribution is -2.46. The third-order valence-electron chi connectivity index (χ3n) is 7.03. The molecule has 2 atom stereocenters. The second kappa shape index (κ2) is 15.1. The van der Waals surface area contributed by atoms with Gasteiger partial charge in [-0.15, -0.1) is 12.4 Å². The van der Waals surface area contributed by atoms with E-state index in [1.54, 1.807) is 0 Å². The Bertz CT molecular complexity index is 1240. The summed E-state index contributed by atoms with van der Waals surface area (Å²) in [6.45, 7) is 8.91. The second-order valence-corrected chi connectivity index (χ2v) is 11.0. The van der Waals surface area contributed by atoms with Crippen LogP contribution in [0, 0.1) is 0 Å². The molecule has 2 aromatic carbocycles. The van der Waals surface area contributed by atoms with Crippen molar-refractivity contribution in [2.24, 2.45) is 0 Å². The number of nitrogens with zero attached hydrogens (tertiary/aromatic N) is 1. The van der Waals surface area contributed by atoms with Gasteiger partial charge in [-0.2, -0.15) is 0 Å². The molecule has 1 aromatic heterocycles. The van der Waals surface area contributed by atoms with Crippen molar-refractivity contribution in [3.8, 4) is 11.3 Å². The van der Waals surface area contributed by atoms with E-state index in [0.717, 1.165) is 26.7 Å². The molecule has 1 saturated heterocycles. The smallest absolute Gasteiger partial charge is 0.216 e. The van der Waals surface area contributed by atoms with Crippen molar-refractivity contribution in [1.82, 2.24) is 15.8 Å². The maximum Gasteiger partial charge on any atom is 0.216 e. The number of amides is 1. The third kappa shape index (κ3) is 7.93. The number of aliphatic hydroxyl groups is 1. The zero-order valence-electron chi connectivity index (χ0n) is 23.2. The highest BCUT2D eigenvalue weighted by molar-refractivity contribution is 9.10. The quantitative estimate of drug-likeness (QED) is 0.237. The number of carbonyl (C=O) groups is 1. The molecule has 1 aliphatic heterocycles. The van der Waals surface area contributed by atoms with Gasteiger partial charge in [0.25, 0.3) is 0 Å². The fourth-order valence-electron chi connectivity index (χ4n) is 4.97. The van der Waals surface area contributed by atoms with Gasteiger partial charge in [-0.05, 0) is 65.9 Å². The summed E-state index contributed by atoms with van der Waals surface area (Å²) >= 11 is 3.74. The molecule has 8 nitrogen and oxygen atoms in total. The molecule has 40 heavy (non-hydrogen) atoms. The molecule has 0 bridgehead atoms. The highest BCUT2D eigenvalue weighted by atomic mass is 79.9. The van der Waals surface area contributed by atoms with Crippen LogP contribution in [0.2, 0.25) is 0 Å². The Labute approximate surface area is 250 Å². The predicted molar refractivity (Wildman–Crippen MR) is 161 cm³/mol. The van der Waals surface area contributed by atoms with E-state index in [4.69, 9.17) is 14.0 Å². The number of halogens is 2. The molecule has 3 aromatic rings. The Kier molecular flexibility index (Phi) is 12.2. The fourth-order valence-corrected chi connectivity index (χ4v) is 5.60. The molecular weight excluding hydrogens is 598 g/mol. The van der Waals surface area contributed by atoms with Crippen LogP contribution in [0.4, 0.5) is 0 Å². The monoisotopic (exact) mass is 635 g/mol. The number of piperidine rings is 1. The minimum Gasteiger partial charge on any atom is -0.384 e. The van der Waals surface area contributed by atoms with Crippen molar-refractivity contribution < 1.29 is 23.9 Å². The zero-order chi connectivity index (χ0) is 27.8. The van der Waals surface area contributed by atoms with Crippen LogP contribution < -0.4 is 10.6 Å². The van der Waals surface area contributed by atoms with Crippen LogP contribution in [0.25, 0.3) is 11.3 Å². The van der Waals surface area contributed by atoms with Gasteiger partial charge >= 0.3 is 0 Å². The van der Waals surface area contributed by atoms with Gasteiger partial charge in [0.15, 0.2) is 5.76 Å². The van der Waals surface area contributed by atoms with E-state index < -0.39 is 5.60 Å². The summed E-state index contributed by atoms with van der Waals surface area (Å²) < 4.78 is 17.9. The van der Waals surface area contributed by atoms with Gasteiger partial charge in [-0.3, -0.25) is 4.79 Å². The Hall–Kier alpha value is -2.27. The van der Waals surface area contributed by atoms with Crippen molar-refractivity contribution in [3.63, 3.8) is 0 Å². The summed E-state index contributed by atoms with van der Waals surface area (Å²) in [6.07, 6.45) is 1.40. The van der Waals surface area contributed by atoms with E-state index in [1.807, 2.05) is 62.4 Å². The van der Waals surface area contributed by atoms with E-state index >= 15 is 0 Å². The molecule has 1 amide bonds. The molecule has 3 N–H and O–H groups in total. The molecule has 4 rings (SSSR count). The summed E-state index contributed by atoms with van der Waals surface area (Å²) in [7, 11) is 0. The molecule has 1 fully saturated rings. The lowest BCUT2D eigenvalue weighted by atomic mass is 9.74. The number of carbonyl (C=O) groups excluding carboxylic acids is 1. The van der Waals surface area contributed by atoms with Gasteiger partial charge in [0.2, 0.25) is 5.91 Å². The van der Waals surface area contributed by atoms with Crippen molar-refractivity contribution >= 4 is 34.2 Å². The van der Waals surface area contributed by atoms with E-state index in [2.05, 4.69) is 31.7 Å². The topological polar surface area (TPSA) is 106 Å². The highest BCUT2D eigenvalue weighted by Gasteiger charge is 2.44. The van der Waals surface area contributed by atoms with E-state index in [0.29, 0.717) is 63.8 Å². The standard InChI is InChI=1S/C30H38BrN3O5.ClH/c1-20(2)38-17-16-37-19-22-8-10-24(11-9-22)30(36)13-15-32-18-26(30)28-27(31)29(39-34-28)25-7-5-4-6-23(25)12-14-33-21(3)35;/h4-11,20,26,32,36H,12-19H2,1-3H3,(H,33,35);1H/t26-,30+;/m1./s1. The summed E-state index contributed by atoms with van der Waals surface area (Å²) in [5.41, 5.74) is 3.39. The van der Waals surface area contributed by atoms with Crippen molar-refractivity contribution in [1.29, 1.82) is 0 Å². The van der Waals surface area contributed by atoms with Gasteiger partial charge in [-0.1, -0.05) is 53.7 Å². The SMILES string of the molecule is CC(=O)NCCc1ccccc1-c1onc([C@H]2CNCC[C@]2(O)c2ccc(COCCOC(C)C)cc2)c1Br.Cl. The number of aromatic nitrogens is 1. The number of hydrogen-bond acceptors (Lipinski definition) is 7. The molecule has 10 heteroatoms. The van der Waals surface area contributed by atoms with Crippen LogP contribution in [-0.4, -0.2) is 55.1 Å². The molecule has 0 spiro atoms. The molecule has 0 unspecified atom stereocenters. The van der Waals surface area contributed by atoms with E-state index in [-0.39, 0.29) is 30.3 Å². The molecule has 0 saturated carbocycles. The van der Waals surface area contributed by atoms with Crippen LogP contribution in [0.3, 0.4) is 0 Å². The van der Waals surface area contributed by atoms with Crippen LogP contribution in [0.1, 0.15) is 55.5 Å². The van der Waals surface area contributed by atoms with E-state index in [9.17, 15) is 9.90 Å². The van der Waals surface area contributed by atoms with Gasteiger partial charge < -0.3 is 29.7 Å². The number of benzene rings is 2. The van der Waals surface area contributed by atoms with E-state index in [1.165, 1.54) is 6.92 Å². The summed E-state index contributed by atoms with van der Waals surface area (Å²) in [4.78, 5) is 11.3. The van der Waals surface area contributed by atoms with Crippen molar-refractivity contribution in [3.05, 3.63) is 75.4 Å². The molecule has 218 valence electrons. The summed E-state index contributed by atoms with van der Waals surface area (Å²) in [5, 5.41) is 22.7.